The summed E-state index contributed by atoms with van der Waals surface area (Å²) in [5.74, 6) is 0.0219. The van der Waals surface area contributed by atoms with Crippen molar-refractivity contribution in [2.24, 2.45) is 0 Å². The van der Waals surface area contributed by atoms with Gasteiger partial charge in [-0.3, -0.25) is 4.79 Å². The SMILES string of the molecule is O=C(c1cccc(-c2cccc(Br)c2)c1)c1cccc(-c2cccc(Br)c2)c1. The van der Waals surface area contributed by atoms with Crippen LogP contribution in [0, 0.1) is 0 Å². The minimum absolute atomic E-state index is 0.0219. The third-order valence-corrected chi connectivity index (χ3v) is 5.55. The van der Waals surface area contributed by atoms with Crippen LogP contribution in [0.1, 0.15) is 15.9 Å². The van der Waals surface area contributed by atoms with Gasteiger partial charge in [0.2, 0.25) is 0 Å². The summed E-state index contributed by atoms with van der Waals surface area (Å²) in [5, 5.41) is 0. The van der Waals surface area contributed by atoms with Gasteiger partial charge in [-0.15, -0.1) is 0 Å². The van der Waals surface area contributed by atoms with Gasteiger partial charge in [-0.1, -0.05) is 92.5 Å². The normalized spacial score (nSPS) is 10.6. The van der Waals surface area contributed by atoms with E-state index in [1.54, 1.807) is 0 Å². The number of rotatable bonds is 4. The van der Waals surface area contributed by atoms with Crippen molar-refractivity contribution in [1.29, 1.82) is 0 Å². The van der Waals surface area contributed by atoms with Gasteiger partial charge in [-0.05, 0) is 58.7 Å². The highest BCUT2D eigenvalue weighted by Crippen LogP contribution is 2.27. The Morgan fingerprint density at radius 1 is 0.500 bits per heavy atom. The molecule has 0 aliphatic rings. The van der Waals surface area contributed by atoms with E-state index >= 15 is 0 Å². The minimum atomic E-state index is 0.0219. The summed E-state index contributed by atoms with van der Waals surface area (Å²) in [7, 11) is 0. The molecule has 0 aliphatic heterocycles. The number of ketones is 1. The van der Waals surface area contributed by atoms with Gasteiger partial charge in [0.05, 0.1) is 0 Å². The lowest BCUT2D eigenvalue weighted by molar-refractivity contribution is 0.103. The van der Waals surface area contributed by atoms with Crippen LogP contribution in [0.3, 0.4) is 0 Å². The number of hydrogen-bond donors (Lipinski definition) is 0. The number of carbonyl (C=O) groups is 1. The highest BCUT2D eigenvalue weighted by atomic mass is 79.9. The first-order valence-corrected chi connectivity index (χ1v) is 10.5. The molecule has 0 spiro atoms. The quantitative estimate of drug-likeness (QED) is 0.266. The molecule has 4 rings (SSSR count). The Morgan fingerprint density at radius 2 is 0.857 bits per heavy atom. The highest BCUT2D eigenvalue weighted by molar-refractivity contribution is 9.10. The van der Waals surface area contributed by atoms with Crippen LogP contribution in [0.2, 0.25) is 0 Å². The smallest absolute Gasteiger partial charge is 0.193 e. The molecular formula is C25H16Br2O. The maximum atomic E-state index is 13.1. The molecule has 0 radical (unpaired) electrons. The van der Waals surface area contributed by atoms with E-state index in [9.17, 15) is 4.79 Å². The van der Waals surface area contributed by atoms with E-state index in [1.807, 2.05) is 84.9 Å². The second-order valence-corrected chi connectivity index (χ2v) is 8.34. The topological polar surface area (TPSA) is 17.1 Å². The molecule has 3 heteroatoms. The second kappa shape index (κ2) is 8.26. The van der Waals surface area contributed by atoms with E-state index in [0.717, 1.165) is 31.2 Å². The Hall–Kier alpha value is -2.49. The van der Waals surface area contributed by atoms with Gasteiger partial charge in [0, 0.05) is 20.1 Å². The molecule has 136 valence electrons. The molecule has 0 fully saturated rings. The first-order valence-electron chi connectivity index (χ1n) is 8.87. The molecule has 28 heavy (non-hydrogen) atoms. The molecule has 0 aliphatic carbocycles. The van der Waals surface area contributed by atoms with Crippen LogP contribution < -0.4 is 0 Å². The molecule has 0 unspecified atom stereocenters. The summed E-state index contributed by atoms with van der Waals surface area (Å²) < 4.78 is 2.03. The minimum Gasteiger partial charge on any atom is -0.289 e. The molecule has 0 amide bonds. The largest absolute Gasteiger partial charge is 0.289 e. The van der Waals surface area contributed by atoms with Crippen molar-refractivity contribution in [2.45, 2.75) is 0 Å². The summed E-state index contributed by atoms with van der Waals surface area (Å²) in [6.45, 7) is 0. The maximum absolute atomic E-state index is 13.1. The molecule has 4 aromatic rings. The summed E-state index contributed by atoms with van der Waals surface area (Å²) in [4.78, 5) is 13.1. The monoisotopic (exact) mass is 490 g/mol. The van der Waals surface area contributed by atoms with E-state index in [4.69, 9.17) is 0 Å². The zero-order valence-corrected chi connectivity index (χ0v) is 18.1. The summed E-state index contributed by atoms with van der Waals surface area (Å²) in [6.07, 6.45) is 0. The highest BCUT2D eigenvalue weighted by Gasteiger charge is 2.11. The number of hydrogen-bond acceptors (Lipinski definition) is 1. The average molecular weight is 492 g/mol. The van der Waals surface area contributed by atoms with E-state index in [0.29, 0.717) is 11.1 Å². The fourth-order valence-electron chi connectivity index (χ4n) is 3.18. The fraction of sp³-hybridized carbons (Fsp3) is 0. The van der Waals surface area contributed by atoms with Crippen LogP contribution in [0.4, 0.5) is 0 Å². The molecule has 0 N–H and O–H groups in total. The molecule has 0 atom stereocenters. The summed E-state index contributed by atoms with van der Waals surface area (Å²) >= 11 is 7.02. The predicted octanol–water partition coefficient (Wildman–Crippen LogP) is 7.78. The van der Waals surface area contributed by atoms with Gasteiger partial charge in [0.15, 0.2) is 5.78 Å². The molecule has 0 saturated carbocycles. The van der Waals surface area contributed by atoms with Gasteiger partial charge < -0.3 is 0 Å². The second-order valence-electron chi connectivity index (χ2n) is 6.51. The van der Waals surface area contributed by atoms with Crippen LogP contribution in [0.25, 0.3) is 22.3 Å². The number of halogens is 2. The predicted molar refractivity (Wildman–Crippen MR) is 123 cm³/mol. The van der Waals surface area contributed by atoms with Gasteiger partial charge >= 0.3 is 0 Å². The Morgan fingerprint density at radius 3 is 1.25 bits per heavy atom. The Bertz CT molecular complexity index is 1070. The molecule has 0 saturated heterocycles. The number of carbonyl (C=O) groups excluding carboxylic acids is 1. The lowest BCUT2D eigenvalue weighted by Crippen LogP contribution is -2.01. The molecule has 0 bridgehead atoms. The fourth-order valence-corrected chi connectivity index (χ4v) is 3.98. The lowest BCUT2D eigenvalue weighted by Gasteiger charge is -2.08. The van der Waals surface area contributed by atoms with Crippen molar-refractivity contribution in [3.63, 3.8) is 0 Å². The van der Waals surface area contributed by atoms with Crippen molar-refractivity contribution in [3.05, 3.63) is 117 Å². The zero-order chi connectivity index (χ0) is 19.5. The first-order chi connectivity index (χ1) is 13.6. The van der Waals surface area contributed by atoms with E-state index < -0.39 is 0 Å². The van der Waals surface area contributed by atoms with E-state index in [2.05, 4.69) is 44.0 Å². The first kappa shape index (κ1) is 18.9. The van der Waals surface area contributed by atoms with Crippen molar-refractivity contribution in [3.8, 4) is 22.3 Å². The van der Waals surface area contributed by atoms with Crippen LogP contribution in [-0.2, 0) is 0 Å². The Balaban J connectivity index is 1.69. The van der Waals surface area contributed by atoms with Crippen LogP contribution in [0.15, 0.2) is 106 Å². The van der Waals surface area contributed by atoms with Gasteiger partial charge in [-0.25, -0.2) is 0 Å². The van der Waals surface area contributed by atoms with Crippen molar-refractivity contribution in [1.82, 2.24) is 0 Å². The Kier molecular flexibility index (Phi) is 5.56. The summed E-state index contributed by atoms with van der Waals surface area (Å²) in [6, 6.07) is 31.7. The Labute approximate surface area is 181 Å². The molecule has 0 heterocycles. The average Bonchev–Trinajstić information content (AvgIpc) is 2.73. The molecule has 4 aromatic carbocycles. The van der Waals surface area contributed by atoms with Gasteiger partial charge in [-0.2, -0.15) is 0 Å². The lowest BCUT2D eigenvalue weighted by atomic mass is 9.96. The van der Waals surface area contributed by atoms with E-state index in [-0.39, 0.29) is 5.78 Å². The van der Waals surface area contributed by atoms with Crippen LogP contribution >= 0.6 is 31.9 Å². The third-order valence-electron chi connectivity index (χ3n) is 4.57. The van der Waals surface area contributed by atoms with Crippen LogP contribution in [-0.4, -0.2) is 5.78 Å². The van der Waals surface area contributed by atoms with E-state index in [1.165, 1.54) is 0 Å². The number of benzene rings is 4. The maximum Gasteiger partial charge on any atom is 0.193 e. The van der Waals surface area contributed by atoms with Crippen molar-refractivity contribution < 1.29 is 4.79 Å². The van der Waals surface area contributed by atoms with Crippen molar-refractivity contribution >= 4 is 37.6 Å². The summed E-state index contributed by atoms with van der Waals surface area (Å²) in [5.41, 5.74) is 5.57. The van der Waals surface area contributed by atoms with Crippen molar-refractivity contribution in [2.75, 3.05) is 0 Å². The molecular weight excluding hydrogens is 476 g/mol. The molecule has 0 aromatic heterocycles. The standard InChI is InChI=1S/C25H16Br2O/c26-23-11-3-7-19(15-23)17-5-1-9-21(13-17)25(28)22-10-2-6-18(14-22)20-8-4-12-24(27)16-20/h1-16H. The van der Waals surface area contributed by atoms with Gasteiger partial charge in [0.1, 0.15) is 0 Å². The molecule has 1 nitrogen and oxygen atoms in total. The third kappa shape index (κ3) is 4.16. The van der Waals surface area contributed by atoms with Crippen LogP contribution in [0.5, 0.6) is 0 Å². The van der Waals surface area contributed by atoms with Gasteiger partial charge in [0.25, 0.3) is 0 Å². The zero-order valence-electron chi connectivity index (χ0n) is 14.9.